The van der Waals surface area contributed by atoms with Crippen molar-refractivity contribution in [1.82, 2.24) is 5.32 Å². The molecule has 1 nitrogen and oxygen atoms in total. The number of rotatable bonds is 5. The average molecular weight is 267 g/mol. The van der Waals surface area contributed by atoms with E-state index in [-0.39, 0.29) is 5.41 Å². The molecule has 0 aromatic heterocycles. The third-order valence-electron chi connectivity index (χ3n) is 4.81. The first-order valence-electron chi connectivity index (χ1n) is 7.21. The van der Waals surface area contributed by atoms with Crippen molar-refractivity contribution in [2.75, 3.05) is 6.54 Å². The van der Waals surface area contributed by atoms with Crippen LogP contribution in [0, 0.1) is 17.0 Å². The molecule has 3 unspecified atom stereocenters. The molecule has 0 spiro atoms. The second kappa shape index (κ2) is 5.58. The maximum Gasteiger partial charge on any atom is 0.159 e. The van der Waals surface area contributed by atoms with Crippen LogP contribution in [0.25, 0.3) is 0 Å². The zero-order chi connectivity index (χ0) is 14.0. The zero-order valence-electron chi connectivity index (χ0n) is 12.0. The van der Waals surface area contributed by atoms with E-state index in [0.29, 0.717) is 12.0 Å². The zero-order valence-corrected chi connectivity index (χ0v) is 12.0. The lowest BCUT2D eigenvalue weighted by molar-refractivity contribution is 0.0443. The third kappa shape index (κ3) is 2.53. The Labute approximate surface area is 114 Å². The van der Waals surface area contributed by atoms with Crippen molar-refractivity contribution < 1.29 is 8.78 Å². The van der Waals surface area contributed by atoms with Crippen LogP contribution in [-0.2, 0) is 0 Å². The van der Waals surface area contributed by atoms with Gasteiger partial charge in [0.2, 0.25) is 0 Å². The Morgan fingerprint density at radius 3 is 2.58 bits per heavy atom. The van der Waals surface area contributed by atoms with E-state index in [1.807, 2.05) is 0 Å². The van der Waals surface area contributed by atoms with E-state index in [0.717, 1.165) is 31.4 Å². The summed E-state index contributed by atoms with van der Waals surface area (Å²) in [7, 11) is 0. The van der Waals surface area contributed by atoms with Crippen LogP contribution in [0.15, 0.2) is 18.2 Å². The first-order chi connectivity index (χ1) is 9.02. The van der Waals surface area contributed by atoms with Crippen molar-refractivity contribution in [1.29, 1.82) is 0 Å². The van der Waals surface area contributed by atoms with E-state index in [1.165, 1.54) is 12.1 Å². The molecule has 1 saturated carbocycles. The van der Waals surface area contributed by atoms with Crippen LogP contribution in [0.2, 0.25) is 0 Å². The maximum absolute atomic E-state index is 13.4. The highest BCUT2D eigenvalue weighted by atomic mass is 19.2. The van der Waals surface area contributed by atoms with Gasteiger partial charge in [-0.05, 0) is 54.8 Å². The molecule has 1 aromatic carbocycles. The summed E-state index contributed by atoms with van der Waals surface area (Å²) in [6.07, 6.45) is 3.17. The number of hydrogen-bond donors (Lipinski definition) is 1. The van der Waals surface area contributed by atoms with Gasteiger partial charge in [0.25, 0.3) is 0 Å². The summed E-state index contributed by atoms with van der Waals surface area (Å²) in [5.41, 5.74) is 1.07. The van der Waals surface area contributed by atoms with Crippen LogP contribution in [-0.4, -0.2) is 12.6 Å². The minimum atomic E-state index is -0.762. The second-order valence-corrected chi connectivity index (χ2v) is 5.83. The van der Waals surface area contributed by atoms with Gasteiger partial charge in [-0.25, -0.2) is 8.78 Å². The minimum Gasteiger partial charge on any atom is -0.313 e. The Kier molecular flexibility index (Phi) is 4.24. The van der Waals surface area contributed by atoms with Crippen molar-refractivity contribution in [3.8, 4) is 0 Å². The van der Waals surface area contributed by atoms with Gasteiger partial charge in [0.1, 0.15) is 0 Å². The van der Waals surface area contributed by atoms with Gasteiger partial charge in [-0.15, -0.1) is 0 Å². The third-order valence-corrected chi connectivity index (χ3v) is 4.81. The topological polar surface area (TPSA) is 12.0 Å². The van der Waals surface area contributed by atoms with Crippen LogP contribution in [0.1, 0.15) is 51.5 Å². The SMILES string of the molecule is CCCNC1CC(c2ccc(F)c(F)c2)C1(C)CC. The summed E-state index contributed by atoms with van der Waals surface area (Å²) in [6, 6.07) is 4.82. The summed E-state index contributed by atoms with van der Waals surface area (Å²) in [6.45, 7) is 7.59. The molecule has 0 amide bonds. The quantitative estimate of drug-likeness (QED) is 0.841. The molecule has 0 bridgehead atoms. The molecule has 1 aliphatic rings. The Bertz CT molecular complexity index is 446. The van der Waals surface area contributed by atoms with Gasteiger partial charge in [-0.1, -0.05) is 26.8 Å². The highest BCUT2D eigenvalue weighted by Gasteiger charge is 2.50. The normalized spacial score (nSPS) is 30.2. The van der Waals surface area contributed by atoms with Crippen molar-refractivity contribution in [3.63, 3.8) is 0 Å². The number of nitrogens with one attached hydrogen (secondary N) is 1. The fourth-order valence-corrected chi connectivity index (χ4v) is 3.23. The lowest BCUT2D eigenvalue weighted by Crippen LogP contribution is -2.56. The molecule has 0 saturated heterocycles. The number of hydrogen-bond acceptors (Lipinski definition) is 1. The van der Waals surface area contributed by atoms with Gasteiger partial charge >= 0.3 is 0 Å². The van der Waals surface area contributed by atoms with Crippen molar-refractivity contribution in [2.24, 2.45) is 5.41 Å². The van der Waals surface area contributed by atoms with Crippen LogP contribution in [0.4, 0.5) is 8.78 Å². The summed E-state index contributed by atoms with van der Waals surface area (Å²) >= 11 is 0. The molecule has 1 aromatic rings. The van der Waals surface area contributed by atoms with Crippen LogP contribution >= 0.6 is 0 Å². The molecule has 106 valence electrons. The molecule has 1 aliphatic carbocycles. The van der Waals surface area contributed by atoms with Crippen molar-refractivity contribution in [3.05, 3.63) is 35.4 Å². The molecular formula is C16H23F2N. The predicted molar refractivity (Wildman–Crippen MR) is 74.2 cm³/mol. The predicted octanol–water partition coefficient (Wildman–Crippen LogP) is 4.24. The fraction of sp³-hybridized carbons (Fsp3) is 0.625. The Morgan fingerprint density at radius 1 is 1.26 bits per heavy atom. The molecule has 0 radical (unpaired) electrons. The van der Waals surface area contributed by atoms with E-state index < -0.39 is 11.6 Å². The summed E-state index contributed by atoms with van der Waals surface area (Å²) in [4.78, 5) is 0. The van der Waals surface area contributed by atoms with E-state index >= 15 is 0 Å². The highest BCUT2D eigenvalue weighted by Crippen LogP contribution is 2.54. The van der Waals surface area contributed by atoms with Gasteiger partial charge in [0, 0.05) is 6.04 Å². The first kappa shape index (κ1) is 14.4. The molecule has 3 atom stereocenters. The van der Waals surface area contributed by atoms with Gasteiger partial charge < -0.3 is 5.32 Å². The van der Waals surface area contributed by atoms with Gasteiger partial charge in [-0.2, -0.15) is 0 Å². The van der Waals surface area contributed by atoms with Gasteiger partial charge in [0.15, 0.2) is 11.6 Å². The van der Waals surface area contributed by atoms with Gasteiger partial charge in [0.05, 0.1) is 0 Å². The molecule has 1 fully saturated rings. The number of benzene rings is 1. The maximum atomic E-state index is 13.4. The van der Waals surface area contributed by atoms with E-state index in [4.69, 9.17) is 0 Å². The highest BCUT2D eigenvalue weighted by molar-refractivity contribution is 5.29. The minimum absolute atomic E-state index is 0.138. The van der Waals surface area contributed by atoms with E-state index in [9.17, 15) is 8.78 Å². The van der Waals surface area contributed by atoms with Gasteiger partial charge in [-0.3, -0.25) is 0 Å². The largest absolute Gasteiger partial charge is 0.313 e. The molecule has 1 N–H and O–H groups in total. The lowest BCUT2D eigenvalue weighted by atomic mass is 9.54. The number of halogens is 2. The lowest BCUT2D eigenvalue weighted by Gasteiger charge is -2.55. The standard InChI is InChI=1S/C16H23F2N/c1-4-8-19-15-10-12(16(15,3)5-2)11-6-7-13(17)14(18)9-11/h6-7,9,12,15,19H,4-5,8,10H2,1-3H3. The monoisotopic (exact) mass is 267 g/mol. The molecule has 19 heavy (non-hydrogen) atoms. The molecule has 0 aliphatic heterocycles. The summed E-state index contributed by atoms with van der Waals surface area (Å²) in [5, 5.41) is 3.57. The smallest absolute Gasteiger partial charge is 0.159 e. The Hall–Kier alpha value is -0.960. The molecule has 0 heterocycles. The summed E-state index contributed by atoms with van der Waals surface area (Å²) in [5.74, 6) is -1.18. The van der Waals surface area contributed by atoms with Crippen molar-refractivity contribution >= 4 is 0 Å². The fourth-order valence-electron chi connectivity index (χ4n) is 3.23. The second-order valence-electron chi connectivity index (χ2n) is 5.83. The van der Waals surface area contributed by atoms with E-state index in [2.05, 4.69) is 26.1 Å². The average Bonchev–Trinajstić information content (AvgIpc) is 2.40. The van der Waals surface area contributed by atoms with E-state index in [1.54, 1.807) is 6.07 Å². The Balaban J connectivity index is 2.15. The van der Waals surface area contributed by atoms with Crippen LogP contribution in [0.3, 0.4) is 0 Å². The summed E-state index contributed by atoms with van der Waals surface area (Å²) < 4.78 is 26.4. The molecule has 2 rings (SSSR count). The van der Waals surface area contributed by atoms with Crippen LogP contribution < -0.4 is 5.32 Å². The van der Waals surface area contributed by atoms with Crippen LogP contribution in [0.5, 0.6) is 0 Å². The van der Waals surface area contributed by atoms with Crippen molar-refractivity contribution in [2.45, 2.75) is 52.0 Å². The Morgan fingerprint density at radius 2 is 2.00 bits per heavy atom. The molecule has 3 heteroatoms. The first-order valence-corrected chi connectivity index (χ1v) is 7.21. The molecular weight excluding hydrogens is 244 g/mol.